The Balaban J connectivity index is 2.72. The largest absolute Gasteiger partial charge is 0.493 e. The van der Waals surface area contributed by atoms with Crippen LogP contribution in [-0.2, 0) is 0 Å². The third kappa shape index (κ3) is 2.29. The van der Waals surface area contributed by atoms with Gasteiger partial charge in [-0.3, -0.25) is 0 Å². The van der Waals surface area contributed by atoms with Crippen LogP contribution in [0.4, 0.5) is 0 Å². The van der Waals surface area contributed by atoms with Crippen molar-refractivity contribution in [3.63, 3.8) is 0 Å². The minimum atomic E-state index is -0.111. The molecule has 1 aromatic heterocycles. The quantitative estimate of drug-likeness (QED) is 0.488. The van der Waals surface area contributed by atoms with Gasteiger partial charge in [-0.15, -0.1) is 0 Å². The molecule has 1 aromatic carbocycles. The summed E-state index contributed by atoms with van der Waals surface area (Å²) in [5.74, 6) is -0.111. The van der Waals surface area contributed by atoms with Crippen LogP contribution in [0.15, 0.2) is 35.9 Å². The van der Waals surface area contributed by atoms with Crippen LogP contribution in [0.3, 0.4) is 0 Å². The molecule has 0 amide bonds. The summed E-state index contributed by atoms with van der Waals surface area (Å²) in [4.78, 5) is 4.02. The lowest BCUT2D eigenvalue weighted by atomic mass is 10.1. The van der Waals surface area contributed by atoms with Gasteiger partial charge in [0.2, 0.25) is 5.88 Å². The standard InChI is InChI=1S/C13H9N3OS/c14-7-9(13(15)18)5-8-6-12(17)16-11-4-2-1-3-10(8)11/h1-6H,(H2,15,18)(H,16,17)/b9-5-. The monoisotopic (exact) mass is 255 g/mol. The Morgan fingerprint density at radius 3 is 2.83 bits per heavy atom. The molecular weight excluding hydrogens is 246 g/mol. The van der Waals surface area contributed by atoms with Crippen molar-refractivity contribution in [1.82, 2.24) is 4.98 Å². The second-order valence-corrected chi connectivity index (χ2v) is 4.06. The number of hydrogen-bond donors (Lipinski definition) is 2. The maximum Gasteiger partial charge on any atom is 0.211 e. The van der Waals surface area contributed by atoms with Gasteiger partial charge in [-0.05, 0) is 17.7 Å². The molecule has 2 rings (SSSR count). The number of aromatic nitrogens is 1. The third-order valence-corrected chi connectivity index (χ3v) is 2.64. The smallest absolute Gasteiger partial charge is 0.211 e. The molecule has 0 aliphatic rings. The van der Waals surface area contributed by atoms with Crippen LogP contribution in [0.2, 0.25) is 0 Å². The highest BCUT2D eigenvalue weighted by Crippen LogP contribution is 2.23. The lowest BCUT2D eigenvalue weighted by molar-refractivity contribution is 0.455. The number of benzene rings is 1. The van der Waals surface area contributed by atoms with E-state index in [0.29, 0.717) is 11.1 Å². The van der Waals surface area contributed by atoms with Crippen LogP contribution in [-0.4, -0.2) is 15.1 Å². The highest BCUT2D eigenvalue weighted by Gasteiger charge is 2.05. The lowest BCUT2D eigenvalue weighted by Crippen LogP contribution is -2.09. The van der Waals surface area contributed by atoms with Crippen molar-refractivity contribution in [2.45, 2.75) is 0 Å². The number of pyridine rings is 1. The molecular formula is C13H9N3OS. The molecule has 5 heteroatoms. The SMILES string of the molecule is N#C/C(=C/c1cc(O)nc2ccccc12)C(N)=S. The predicted molar refractivity (Wildman–Crippen MR) is 73.8 cm³/mol. The summed E-state index contributed by atoms with van der Waals surface area (Å²) >= 11 is 4.78. The van der Waals surface area contributed by atoms with Crippen LogP contribution in [0, 0.1) is 11.3 Å². The van der Waals surface area contributed by atoms with Crippen molar-refractivity contribution in [2.75, 3.05) is 0 Å². The fourth-order valence-electron chi connectivity index (χ4n) is 1.62. The van der Waals surface area contributed by atoms with Gasteiger partial charge in [0.25, 0.3) is 0 Å². The fraction of sp³-hybridized carbons (Fsp3) is 0. The van der Waals surface area contributed by atoms with Crippen molar-refractivity contribution in [3.05, 3.63) is 41.5 Å². The molecule has 0 unspecified atom stereocenters. The van der Waals surface area contributed by atoms with E-state index in [9.17, 15) is 5.11 Å². The molecule has 0 spiro atoms. The zero-order valence-electron chi connectivity index (χ0n) is 9.29. The number of hydrogen-bond acceptors (Lipinski definition) is 4. The first-order valence-corrected chi connectivity index (χ1v) is 5.53. The Bertz CT molecular complexity index is 701. The number of nitrogens with zero attached hydrogens (tertiary/aromatic N) is 2. The molecule has 18 heavy (non-hydrogen) atoms. The first-order chi connectivity index (χ1) is 8.61. The first kappa shape index (κ1) is 12.0. The van der Waals surface area contributed by atoms with Gasteiger partial charge in [-0.25, -0.2) is 4.98 Å². The zero-order valence-corrected chi connectivity index (χ0v) is 10.1. The van der Waals surface area contributed by atoms with E-state index >= 15 is 0 Å². The fourth-order valence-corrected chi connectivity index (χ4v) is 1.73. The van der Waals surface area contributed by atoms with Crippen LogP contribution < -0.4 is 5.73 Å². The lowest BCUT2D eigenvalue weighted by Gasteiger charge is -2.03. The maximum absolute atomic E-state index is 9.55. The topological polar surface area (TPSA) is 82.9 Å². The minimum Gasteiger partial charge on any atom is -0.493 e. The number of rotatable bonds is 2. The van der Waals surface area contributed by atoms with Gasteiger partial charge in [0.05, 0.1) is 11.1 Å². The summed E-state index contributed by atoms with van der Waals surface area (Å²) in [6.07, 6.45) is 1.55. The van der Waals surface area contributed by atoms with Crippen LogP contribution in [0.25, 0.3) is 17.0 Å². The van der Waals surface area contributed by atoms with Gasteiger partial charge in [0, 0.05) is 11.5 Å². The van der Waals surface area contributed by atoms with E-state index in [4.69, 9.17) is 23.2 Å². The van der Waals surface area contributed by atoms with E-state index in [2.05, 4.69) is 4.98 Å². The number of para-hydroxylation sites is 1. The maximum atomic E-state index is 9.55. The number of nitriles is 1. The summed E-state index contributed by atoms with van der Waals surface area (Å²) in [5.41, 5.74) is 6.93. The van der Waals surface area contributed by atoms with E-state index in [-0.39, 0.29) is 16.4 Å². The minimum absolute atomic E-state index is 0.0258. The third-order valence-electron chi connectivity index (χ3n) is 2.42. The normalized spacial score (nSPS) is 11.2. The van der Waals surface area contributed by atoms with Crippen molar-refractivity contribution in [3.8, 4) is 11.9 Å². The molecule has 0 radical (unpaired) electrons. The molecule has 0 aliphatic carbocycles. The molecule has 0 atom stereocenters. The Hall–Kier alpha value is -2.45. The molecule has 0 saturated carbocycles. The van der Waals surface area contributed by atoms with E-state index < -0.39 is 0 Å². The zero-order chi connectivity index (χ0) is 13.1. The molecule has 88 valence electrons. The van der Waals surface area contributed by atoms with E-state index in [1.807, 2.05) is 24.3 Å². The van der Waals surface area contributed by atoms with Gasteiger partial charge in [0.15, 0.2) is 0 Å². The average Bonchev–Trinajstić information content (AvgIpc) is 2.35. The second kappa shape index (κ2) is 4.82. The Labute approximate surface area is 109 Å². The van der Waals surface area contributed by atoms with Gasteiger partial charge in [-0.1, -0.05) is 30.4 Å². The molecule has 3 N–H and O–H groups in total. The Kier molecular flexibility index (Phi) is 3.22. The first-order valence-electron chi connectivity index (χ1n) is 5.12. The molecule has 0 fully saturated rings. The molecule has 4 nitrogen and oxygen atoms in total. The van der Waals surface area contributed by atoms with Gasteiger partial charge < -0.3 is 10.8 Å². The van der Waals surface area contributed by atoms with Crippen LogP contribution in [0.1, 0.15) is 5.56 Å². The van der Waals surface area contributed by atoms with Gasteiger partial charge in [0.1, 0.15) is 11.1 Å². The molecule has 0 saturated heterocycles. The van der Waals surface area contributed by atoms with Gasteiger partial charge >= 0.3 is 0 Å². The average molecular weight is 255 g/mol. The van der Waals surface area contributed by atoms with E-state index in [0.717, 1.165) is 5.39 Å². The molecule has 2 aromatic rings. The van der Waals surface area contributed by atoms with Crippen LogP contribution >= 0.6 is 12.2 Å². The second-order valence-electron chi connectivity index (χ2n) is 3.62. The van der Waals surface area contributed by atoms with Crippen molar-refractivity contribution in [2.24, 2.45) is 5.73 Å². The van der Waals surface area contributed by atoms with Gasteiger partial charge in [-0.2, -0.15) is 5.26 Å². The summed E-state index contributed by atoms with van der Waals surface area (Å²) in [6, 6.07) is 10.7. The number of nitrogens with two attached hydrogens (primary N) is 1. The Morgan fingerprint density at radius 2 is 2.17 bits per heavy atom. The molecule has 1 heterocycles. The highest BCUT2D eigenvalue weighted by molar-refractivity contribution is 7.80. The number of aromatic hydroxyl groups is 1. The number of thiocarbonyl (C=S) groups is 1. The van der Waals surface area contributed by atoms with Crippen molar-refractivity contribution in [1.29, 1.82) is 5.26 Å². The highest BCUT2D eigenvalue weighted by atomic mass is 32.1. The van der Waals surface area contributed by atoms with E-state index in [1.165, 1.54) is 6.07 Å². The Morgan fingerprint density at radius 1 is 1.44 bits per heavy atom. The summed E-state index contributed by atoms with van der Waals surface area (Å²) in [7, 11) is 0. The van der Waals surface area contributed by atoms with Crippen LogP contribution in [0.5, 0.6) is 5.88 Å². The molecule has 0 aliphatic heterocycles. The van der Waals surface area contributed by atoms with E-state index in [1.54, 1.807) is 12.1 Å². The predicted octanol–water partition coefficient (Wildman–Crippen LogP) is 2.13. The van der Waals surface area contributed by atoms with Crippen molar-refractivity contribution >= 4 is 34.2 Å². The summed E-state index contributed by atoms with van der Waals surface area (Å²) < 4.78 is 0. The summed E-state index contributed by atoms with van der Waals surface area (Å²) in [5, 5.41) is 19.3. The van der Waals surface area contributed by atoms with Crippen molar-refractivity contribution < 1.29 is 5.11 Å². The molecule has 0 bridgehead atoms. The summed E-state index contributed by atoms with van der Waals surface area (Å²) in [6.45, 7) is 0. The number of fused-ring (bicyclic) bond motifs is 1.